The van der Waals surface area contributed by atoms with Gasteiger partial charge in [-0.25, -0.2) is 0 Å². The summed E-state index contributed by atoms with van der Waals surface area (Å²) in [4.78, 5) is 11.4. The molecule has 0 N–H and O–H groups in total. The Morgan fingerprint density at radius 3 is 1.89 bits per heavy atom. The minimum absolute atomic E-state index is 0.122. The average molecular weight is 447 g/mol. The zero-order valence-corrected chi connectivity index (χ0v) is 14.7. The third-order valence-electron chi connectivity index (χ3n) is 2.28. The highest BCUT2D eigenvalue weighted by Crippen LogP contribution is 2.48. The van der Waals surface area contributed by atoms with E-state index < -0.39 is 0 Å². The van der Waals surface area contributed by atoms with Crippen molar-refractivity contribution in [3.8, 4) is 11.5 Å². The number of methoxy groups -OCH3 is 3. The first-order valence-corrected chi connectivity index (χ1v) is 7.19. The zero-order chi connectivity index (χ0) is 13.9. The number of hydrogen-bond donors (Lipinski definition) is 0. The van der Waals surface area contributed by atoms with Crippen molar-refractivity contribution in [1.29, 1.82) is 0 Å². The van der Waals surface area contributed by atoms with Crippen LogP contribution in [-0.4, -0.2) is 27.3 Å². The van der Waals surface area contributed by atoms with E-state index in [-0.39, 0.29) is 12.4 Å². The topological polar surface area (TPSA) is 44.8 Å². The van der Waals surface area contributed by atoms with Crippen LogP contribution in [0.5, 0.6) is 11.5 Å². The van der Waals surface area contributed by atoms with Crippen molar-refractivity contribution in [3.63, 3.8) is 0 Å². The summed E-state index contributed by atoms with van der Waals surface area (Å²) in [5, 5.41) is 0. The Morgan fingerprint density at radius 2 is 1.44 bits per heavy atom. The fourth-order valence-corrected chi connectivity index (χ4v) is 3.45. The summed E-state index contributed by atoms with van der Waals surface area (Å²) in [5.41, 5.74) is 0.728. The van der Waals surface area contributed by atoms with E-state index in [9.17, 15) is 4.79 Å². The summed E-state index contributed by atoms with van der Waals surface area (Å²) >= 11 is 10.2. The largest absolute Gasteiger partial charge is 0.492 e. The van der Waals surface area contributed by atoms with Gasteiger partial charge < -0.3 is 14.2 Å². The van der Waals surface area contributed by atoms with Gasteiger partial charge in [-0.05, 0) is 53.4 Å². The van der Waals surface area contributed by atoms with E-state index in [0.29, 0.717) is 20.4 Å². The standard InChI is InChI=1S/C11H11Br3O4/c1-16-6(15)4-5-7(12)9(14)11(18-3)10(17-2)8(5)13/h4H2,1-3H3. The molecule has 0 fully saturated rings. The second kappa shape index (κ2) is 6.77. The number of esters is 1. The zero-order valence-electron chi connectivity index (χ0n) is 9.97. The lowest BCUT2D eigenvalue weighted by atomic mass is 10.1. The van der Waals surface area contributed by atoms with Gasteiger partial charge in [0.05, 0.1) is 36.7 Å². The lowest BCUT2D eigenvalue weighted by Gasteiger charge is -2.17. The van der Waals surface area contributed by atoms with Crippen LogP contribution >= 0.6 is 47.8 Å². The molecule has 0 heterocycles. The molecule has 0 aliphatic heterocycles. The van der Waals surface area contributed by atoms with Crippen molar-refractivity contribution in [2.75, 3.05) is 21.3 Å². The van der Waals surface area contributed by atoms with Gasteiger partial charge in [-0.1, -0.05) is 0 Å². The molecule has 0 aromatic heterocycles. The Hall–Kier alpha value is -0.270. The van der Waals surface area contributed by atoms with Crippen LogP contribution in [0.3, 0.4) is 0 Å². The summed E-state index contributed by atoms with van der Waals surface area (Å²) in [6.45, 7) is 0. The van der Waals surface area contributed by atoms with Crippen LogP contribution in [0.1, 0.15) is 5.56 Å². The molecule has 0 atom stereocenters. The van der Waals surface area contributed by atoms with Crippen LogP contribution in [0.2, 0.25) is 0 Å². The second-order valence-electron chi connectivity index (χ2n) is 3.24. The van der Waals surface area contributed by atoms with Gasteiger partial charge in [-0.15, -0.1) is 0 Å². The molecular weight excluding hydrogens is 436 g/mol. The number of rotatable bonds is 4. The average Bonchev–Trinajstić information content (AvgIpc) is 2.38. The molecule has 0 saturated heterocycles. The Labute approximate surface area is 130 Å². The van der Waals surface area contributed by atoms with Crippen LogP contribution in [0.4, 0.5) is 0 Å². The number of halogens is 3. The fraction of sp³-hybridized carbons (Fsp3) is 0.364. The van der Waals surface area contributed by atoms with Gasteiger partial charge in [0.2, 0.25) is 0 Å². The van der Waals surface area contributed by atoms with Crippen molar-refractivity contribution in [3.05, 3.63) is 19.0 Å². The van der Waals surface area contributed by atoms with Crippen molar-refractivity contribution >= 4 is 53.8 Å². The molecule has 100 valence electrons. The summed E-state index contributed by atoms with van der Waals surface area (Å²) in [5.74, 6) is 0.729. The molecule has 1 aromatic carbocycles. The molecule has 0 spiro atoms. The van der Waals surface area contributed by atoms with E-state index in [1.54, 1.807) is 7.11 Å². The van der Waals surface area contributed by atoms with Crippen LogP contribution < -0.4 is 9.47 Å². The van der Waals surface area contributed by atoms with Crippen molar-refractivity contribution in [2.24, 2.45) is 0 Å². The van der Waals surface area contributed by atoms with Crippen molar-refractivity contribution in [2.45, 2.75) is 6.42 Å². The van der Waals surface area contributed by atoms with E-state index in [2.05, 4.69) is 52.5 Å². The molecule has 0 aliphatic rings. The monoisotopic (exact) mass is 444 g/mol. The van der Waals surface area contributed by atoms with Crippen LogP contribution in [0.25, 0.3) is 0 Å². The highest BCUT2D eigenvalue weighted by atomic mass is 79.9. The van der Waals surface area contributed by atoms with Gasteiger partial charge in [-0.3, -0.25) is 4.79 Å². The molecule has 4 nitrogen and oxygen atoms in total. The molecule has 7 heteroatoms. The van der Waals surface area contributed by atoms with E-state index in [0.717, 1.165) is 10.0 Å². The molecule has 18 heavy (non-hydrogen) atoms. The molecule has 0 bridgehead atoms. The SMILES string of the molecule is COC(=O)Cc1c(Br)c(Br)c(OC)c(OC)c1Br. The highest BCUT2D eigenvalue weighted by Gasteiger charge is 2.23. The predicted octanol–water partition coefficient (Wildman–Crippen LogP) is 3.71. The first-order chi connectivity index (χ1) is 8.47. The quantitative estimate of drug-likeness (QED) is 0.522. The third kappa shape index (κ3) is 3.00. The molecule has 0 radical (unpaired) electrons. The van der Waals surface area contributed by atoms with Crippen molar-refractivity contribution in [1.82, 2.24) is 0 Å². The number of benzene rings is 1. The lowest BCUT2D eigenvalue weighted by Crippen LogP contribution is -2.07. The normalized spacial score (nSPS) is 10.1. The first kappa shape index (κ1) is 15.8. The van der Waals surface area contributed by atoms with Crippen LogP contribution in [0.15, 0.2) is 13.4 Å². The Kier molecular flexibility index (Phi) is 5.94. The third-order valence-corrected chi connectivity index (χ3v) is 5.29. The summed E-state index contributed by atoms with van der Waals surface area (Å²) in [6, 6.07) is 0. The van der Waals surface area contributed by atoms with Gasteiger partial charge in [-0.2, -0.15) is 0 Å². The fourth-order valence-electron chi connectivity index (χ4n) is 1.40. The molecule has 0 aliphatic carbocycles. The summed E-state index contributed by atoms with van der Waals surface area (Å²) in [7, 11) is 4.42. The summed E-state index contributed by atoms with van der Waals surface area (Å²) in [6.07, 6.45) is 0.122. The van der Waals surface area contributed by atoms with Gasteiger partial charge in [0.1, 0.15) is 0 Å². The molecule has 0 amide bonds. The van der Waals surface area contributed by atoms with Gasteiger partial charge in [0.25, 0.3) is 0 Å². The molecular formula is C11H11Br3O4. The van der Waals surface area contributed by atoms with E-state index in [4.69, 9.17) is 9.47 Å². The van der Waals surface area contributed by atoms with Gasteiger partial charge in [0, 0.05) is 4.47 Å². The highest BCUT2D eigenvalue weighted by molar-refractivity contribution is 9.13. The molecule has 0 unspecified atom stereocenters. The first-order valence-electron chi connectivity index (χ1n) is 4.82. The second-order valence-corrected chi connectivity index (χ2v) is 5.62. The van der Waals surface area contributed by atoms with Crippen molar-refractivity contribution < 1.29 is 19.0 Å². The lowest BCUT2D eigenvalue weighted by molar-refractivity contribution is -0.139. The number of hydrogen-bond acceptors (Lipinski definition) is 4. The smallest absolute Gasteiger partial charge is 0.310 e. The van der Waals surface area contributed by atoms with E-state index in [1.165, 1.54) is 14.2 Å². The van der Waals surface area contributed by atoms with Crippen LogP contribution in [-0.2, 0) is 16.0 Å². The van der Waals surface area contributed by atoms with Crippen LogP contribution in [0, 0.1) is 0 Å². The van der Waals surface area contributed by atoms with E-state index >= 15 is 0 Å². The van der Waals surface area contributed by atoms with Gasteiger partial charge >= 0.3 is 5.97 Å². The number of carbonyl (C=O) groups is 1. The molecule has 1 aromatic rings. The Bertz CT molecular complexity index is 474. The number of carbonyl (C=O) groups excluding carboxylic acids is 1. The Balaban J connectivity index is 3.44. The molecule has 0 saturated carbocycles. The molecule has 1 rings (SSSR count). The minimum atomic E-state index is -0.337. The van der Waals surface area contributed by atoms with E-state index in [1.807, 2.05) is 0 Å². The maximum absolute atomic E-state index is 11.4. The maximum atomic E-state index is 11.4. The minimum Gasteiger partial charge on any atom is -0.492 e. The van der Waals surface area contributed by atoms with Gasteiger partial charge in [0.15, 0.2) is 11.5 Å². The Morgan fingerprint density at radius 1 is 0.944 bits per heavy atom. The predicted molar refractivity (Wildman–Crippen MR) is 78.4 cm³/mol. The maximum Gasteiger partial charge on any atom is 0.310 e. The number of ether oxygens (including phenoxy) is 3. The summed E-state index contributed by atoms with van der Waals surface area (Å²) < 4.78 is 17.3.